The molecule has 2 N–H and O–H groups in total. The molecule has 1 heterocycles. The van der Waals surface area contributed by atoms with E-state index in [-0.39, 0.29) is 22.6 Å². The molecule has 122 valence electrons. The molecule has 0 amide bonds. The van der Waals surface area contributed by atoms with Crippen LogP contribution >= 0.6 is 15.9 Å². The van der Waals surface area contributed by atoms with Crippen molar-refractivity contribution >= 4 is 31.9 Å². The summed E-state index contributed by atoms with van der Waals surface area (Å²) in [5, 5.41) is 9.09. The largest absolute Gasteiger partial charge is 0.478 e. The SMILES string of the molecule is Cc1c(Br)cc(C(=O)O)cc1S(=O)(=O)NC1CCOC(C)C1. The average Bonchev–Trinajstić information content (AvgIpc) is 2.40. The fourth-order valence-electron chi connectivity index (χ4n) is 2.44. The lowest BCUT2D eigenvalue weighted by Gasteiger charge is -2.28. The highest BCUT2D eigenvalue weighted by Crippen LogP contribution is 2.27. The molecule has 2 atom stereocenters. The van der Waals surface area contributed by atoms with E-state index in [9.17, 15) is 13.2 Å². The zero-order valence-corrected chi connectivity index (χ0v) is 14.7. The molecule has 0 aromatic heterocycles. The van der Waals surface area contributed by atoms with Crippen LogP contribution in [0.25, 0.3) is 0 Å². The minimum atomic E-state index is -3.79. The topological polar surface area (TPSA) is 92.7 Å². The Balaban J connectivity index is 2.34. The minimum absolute atomic E-state index is 0.000336. The third kappa shape index (κ3) is 3.87. The van der Waals surface area contributed by atoms with Gasteiger partial charge in [-0.25, -0.2) is 17.9 Å². The van der Waals surface area contributed by atoms with Crippen molar-refractivity contribution in [2.45, 2.75) is 43.7 Å². The van der Waals surface area contributed by atoms with Crippen molar-refractivity contribution in [3.05, 3.63) is 27.7 Å². The van der Waals surface area contributed by atoms with E-state index in [1.807, 2.05) is 6.92 Å². The zero-order chi connectivity index (χ0) is 16.5. The van der Waals surface area contributed by atoms with Gasteiger partial charge >= 0.3 is 5.97 Å². The number of ether oxygens (including phenoxy) is 1. The summed E-state index contributed by atoms with van der Waals surface area (Å²) in [5.74, 6) is -1.17. The maximum Gasteiger partial charge on any atom is 0.335 e. The summed E-state index contributed by atoms with van der Waals surface area (Å²) in [6, 6.07) is 2.38. The number of halogens is 1. The summed E-state index contributed by atoms with van der Waals surface area (Å²) in [4.78, 5) is 11.1. The van der Waals surface area contributed by atoms with Gasteiger partial charge in [0.1, 0.15) is 0 Å². The van der Waals surface area contributed by atoms with Crippen LogP contribution in [0, 0.1) is 6.92 Å². The molecular weight excluding hydrogens is 374 g/mol. The first-order chi connectivity index (χ1) is 10.2. The Kier molecular flexibility index (Phi) is 5.26. The molecule has 6 nitrogen and oxygen atoms in total. The van der Waals surface area contributed by atoms with Gasteiger partial charge in [0.2, 0.25) is 10.0 Å². The Morgan fingerprint density at radius 1 is 1.45 bits per heavy atom. The predicted molar refractivity (Wildman–Crippen MR) is 84.6 cm³/mol. The number of benzene rings is 1. The van der Waals surface area contributed by atoms with Gasteiger partial charge in [0.15, 0.2) is 0 Å². The Bertz CT molecular complexity index is 689. The Labute approximate surface area is 138 Å². The van der Waals surface area contributed by atoms with Gasteiger partial charge in [0.05, 0.1) is 16.6 Å². The van der Waals surface area contributed by atoms with E-state index in [1.54, 1.807) is 6.92 Å². The molecule has 1 fully saturated rings. The summed E-state index contributed by atoms with van der Waals surface area (Å²) in [7, 11) is -3.79. The average molecular weight is 392 g/mol. The second-order valence-corrected chi connectivity index (χ2v) is 7.95. The van der Waals surface area contributed by atoms with Crippen LogP contribution in [-0.4, -0.2) is 38.2 Å². The molecule has 0 aliphatic carbocycles. The van der Waals surface area contributed by atoms with E-state index in [1.165, 1.54) is 12.1 Å². The Hall–Kier alpha value is -0.960. The maximum atomic E-state index is 12.6. The van der Waals surface area contributed by atoms with Crippen molar-refractivity contribution in [1.29, 1.82) is 0 Å². The van der Waals surface area contributed by atoms with Crippen molar-refractivity contribution < 1.29 is 23.1 Å². The molecular formula is C14H18BrNO5S. The van der Waals surface area contributed by atoms with Crippen molar-refractivity contribution in [2.75, 3.05) is 6.61 Å². The first-order valence-corrected chi connectivity index (χ1v) is 9.15. The van der Waals surface area contributed by atoms with Gasteiger partial charge in [-0.1, -0.05) is 15.9 Å². The Morgan fingerprint density at radius 2 is 2.14 bits per heavy atom. The lowest BCUT2D eigenvalue weighted by Crippen LogP contribution is -2.41. The number of aromatic carboxylic acids is 1. The molecule has 2 unspecified atom stereocenters. The summed E-state index contributed by atoms with van der Waals surface area (Å²) in [6.07, 6.45) is 1.19. The predicted octanol–water partition coefficient (Wildman–Crippen LogP) is 2.30. The molecule has 0 spiro atoms. The quantitative estimate of drug-likeness (QED) is 0.821. The lowest BCUT2D eigenvalue weighted by atomic mass is 10.1. The molecule has 2 rings (SSSR count). The van der Waals surface area contributed by atoms with Crippen molar-refractivity contribution in [1.82, 2.24) is 4.72 Å². The standard InChI is InChI=1S/C14H18BrNO5S/c1-8-5-11(3-4-21-8)16-22(19,20)13-7-10(14(17)18)6-12(15)9(13)2/h6-8,11,16H,3-5H2,1-2H3,(H,17,18). The molecule has 8 heteroatoms. The van der Waals surface area contributed by atoms with Crippen LogP contribution in [0.4, 0.5) is 0 Å². The van der Waals surface area contributed by atoms with Gasteiger partial charge in [0, 0.05) is 17.1 Å². The van der Waals surface area contributed by atoms with E-state index in [4.69, 9.17) is 9.84 Å². The molecule has 22 heavy (non-hydrogen) atoms. The van der Waals surface area contributed by atoms with E-state index < -0.39 is 16.0 Å². The number of carbonyl (C=O) groups is 1. The number of carboxylic acids is 1. The second-order valence-electron chi connectivity index (χ2n) is 5.41. The number of sulfonamides is 1. The normalized spacial score (nSPS) is 22.5. The monoisotopic (exact) mass is 391 g/mol. The van der Waals surface area contributed by atoms with Crippen molar-refractivity contribution in [3.8, 4) is 0 Å². The highest BCUT2D eigenvalue weighted by molar-refractivity contribution is 9.10. The van der Waals surface area contributed by atoms with E-state index >= 15 is 0 Å². The summed E-state index contributed by atoms with van der Waals surface area (Å²) in [5.41, 5.74) is 0.413. The van der Waals surface area contributed by atoms with E-state index in [0.717, 1.165) is 0 Å². The molecule has 1 saturated heterocycles. The van der Waals surface area contributed by atoms with Gasteiger partial charge < -0.3 is 9.84 Å². The number of hydrogen-bond acceptors (Lipinski definition) is 4. The van der Waals surface area contributed by atoms with Crippen LogP contribution in [0.3, 0.4) is 0 Å². The van der Waals surface area contributed by atoms with Crippen molar-refractivity contribution in [3.63, 3.8) is 0 Å². The van der Waals surface area contributed by atoms with Gasteiger partial charge in [-0.3, -0.25) is 0 Å². The zero-order valence-electron chi connectivity index (χ0n) is 12.3. The van der Waals surface area contributed by atoms with Gasteiger partial charge in [-0.15, -0.1) is 0 Å². The van der Waals surface area contributed by atoms with Crippen LogP contribution in [0.5, 0.6) is 0 Å². The molecule has 1 aliphatic heterocycles. The maximum absolute atomic E-state index is 12.6. The molecule has 1 aromatic carbocycles. The fourth-order valence-corrected chi connectivity index (χ4v) is 4.61. The van der Waals surface area contributed by atoms with Gasteiger partial charge in [-0.05, 0) is 44.4 Å². The fraction of sp³-hybridized carbons (Fsp3) is 0.500. The van der Waals surface area contributed by atoms with E-state index in [0.29, 0.717) is 29.5 Å². The summed E-state index contributed by atoms with van der Waals surface area (Å²) < 4.78 is 33.7. The number of nitrogens with one attached hydrogen (secondary N) is 1. The smallest absolute Gasteiger partial charge is 0.335 e. The minimum Gasteiger partial charge on any atom is -0.478 e. The summed E-state index contributed by atoms with van der Waals surface area (Å²) >= 11 is 3.22. The number of rotatable bonds is 4. The van der Waals surface area contributed by atoms with Crippen LogP contribution in [0.2, 0.25) is 0 Å². The van der Waals surface area contributed by atoms with Crippen LogP contribution in [0.15, 0.2) is 21.5 Å². The highest BCUT2D eigenvalue weighted by Gasteiger charge is 2.27. The molecule has 0 saturated carbocycles. The first kappa shape index (κ1) is 17.4. The summed E-state index contributed by atoms with van der Waals surface area (Å²) in [6.45, 7) is 4.04. The number of hydrogen-bond donors (Lipinski definition) is 2. The third-order valence-electron chi connectivity index (χ3n) is 3.64. The highest BCUT2D eigenvalue weighted by atomic mass is 79.9. The van der Waals surface area contributed by atoms with Gasteiger partial charge in [-0.2, -0.15) is 0 Å². The molecule has 1 aromatic rings. The van der Waals surface area contributed by atoms with Crippen LogP contribution in [0.1, 0.15) is 35.7 Å². The second kappa shape index (κ2) is 6.66. The van der Waals surface area contributed by atoms with Gasteiger partial charge in [0.25, 0.3) is 0 Å². The van der Waals surface area contributed by atoms with Crippen LogP contribution in [-0.2, 0) is 14.8 Å². The Morgan fingerprint density at radius 3 is 2.73 bits per heavy atom. The van der Waals surface area contributed by atoms with Crippen LogP contribution < -0.4 is 4.72 Å². The molecule has 0 radical (unpaired) electrons. The lowest BCUT2D eigenvalue weighted by molar-refractivity contribution is 0.0173. The molecule has 1 aliphatic rings. The van der Waals surface area contributed by atoms with Crippen molar-refractivity contribution in [2.24, 2.45) is 0 Å². The van der Waals surface area contributed by atoms with E-state index in [2.05, 4.69) is 20.7 Å². The third-order valence-corrected chi connectivity index (χ3v) is 6.11. The first-order valence-electron chi connectivity index (χ1n) is 6.88. The number of carboxylic acid groups (broad SMARTS) is 1. The molecule has 0 bridgehead atoms.